The van der Waals surface area contributed by atoms with Gasteiger partial charge in [0.1, 0.15) is 5.75 Å². The number of hydrogen-bond donors (Lipinski definition) is 0. The Kier molecular flexibility index (Phi) is 3.89. The first kappa shape index (κ1) is 14.7. The van der Waals surface area contributed by atoms with E-state index in [1.807, 2.05) is 12.1 Å². The second-order valence-electron chi connectivity index (χ2n) is 6.71. The predicted octanol–water partition coefficient (Wildman–Crippen LogP) is 4.01. The van der Waals surface area contributed by atoms with Crippen LogP contribution in [-0.2, 0) is 15.6 Å². The third-order valence-corrected chi connectivity index (χ3v) is 2.81. The van der Waals surface area contributed by atoms with Gasteiger partial charge >= 0.3 is 5.97 Å². The topological polar surface area (TPSA) is 26.3 Å². The standard InChI is InChI=1S/C16H23O2/c1-11(17)18-14-12(15(2,3)4)9-8-10-13(14)16(5,6)7/h9-10H,1-7H3. The van der Waals surface area contributed by atoms with Gasteiger partial charge in [0, 0.05) is 18.1 Å². The van der Waals surface area contributed by atoms with Gasteiger partial charge in [0.15, 0.2) is 0 Å². The van der Waals surface area contributed by atoms with Crippen LogP contribution in [0.2, 0.25) is 0 Å². The van der Waals surface area contributed by atoms with E-state index < -0.39 is 0 Å². The van der Waals surface area contributed by atoms with Crippen LogP contribution in [0.5, 0.6) is 5.75 Å². The Morgan fingerprint density at radius 1 is 1.00 bits per heavy atom. The van der Waals surface area contributed by atoms with Gasteiger partial charge in [0.25, 0.3) is 0 Å². The Bertz CT molecular complexity index is 413. The van der Waals surface area contributed by atoms with E-state index in [1.165, 1.54) is 6.92 Å². The second-order valence-corrected chi connectivity index (χ2v) is 6.71. The van der Waals surface area contributed by atoms with Crippen LogP contribution in [0.3, 0.4) is 0 Å². The molecule has 1 rings (SSSR count). The van der Waals surface area contributed by atoms with Crippen molar-refractivity contribution in [1.82, 2.24) is 0 Å². The summed E-state index contributed by atoms with van der Waals surface area (Å²) >= 11 is 0. The number of carbonyl (C=O) groups is 1. The molecule has 0 N–H and O–H groups in total. The van der Waals surface area contributed by atoms with Crippen molar-refractivity contribution in [2.45, 2.75) is 59.3 Å². The summed E-state index contributed by atoms with van der Waals surface area (Å²) in [6.07, 6.45) is 0. The molecule has 0 saturated carbocycles. The highest BCUT2D eigenvalue weighted by molar-refractivity contribution is 5.71. The van der Waals surface area contributed by atoms with Gasteiger partial charge in [-0.25, -0.2) is 0 Å². The molecule has 0 fully saturated rings. The molecule has 0 aromatic heterocycles. The predicted molar refractivity (Wildman–Crippen MR) is 74.0 cm³/mol. The Hall–Kier alpha value is -1.31. The highest BCUT2D eigenvalue weighted by Crippen LogP contribution is 2.39. The van der Waals surface area contributed by atoms with Gasteiger partial charge in [-0.2, -0.15) is 0 Å². The summed E-state index contributed by atoms with van der Waals surface area (Å²) in [7, 11) is 0. The lowest BCUT2D eigenvalue weighted by atomic mass is 9.79. The van der Waals surface area contributed by atoms with Crippen molar-refractivity contribution in [2.75, 3.05) is 0 Å². The van der Waals surface area contributed by atoms with Crippen LogP contribution < -0.4 is 4.74 Å². The molecule has 0 heterocycles. The third-order valence-electron chi connectivity index (χ3n) is 2.81. The summed E-state index contributed by atoms with van der Waals surface area (Å²) in [5.74, 6) is 0.415. The number of carbonyl (C=O) groups excluding carboxylic acids is 1. The van der Waals surface area contributed by atoms with Crippen molar-refractivity contribution in [3.8, 4) is 5.75 Å². The molecule has 0 aliphatic heterocycles. The highest BCUT2D eigenvalue weighted by Gasteiger charge is 2.27. The number of benzene rings is 1. The molecule has 2 nitrogen and oxygen atoms in total. The van der Waals surface area contributed by atoms with Crippen LogP contribution >= 0.6 is 0 Å². The van der Waals surface area contributed by atoms with E-state index in [4.69, 9.17) is 4.74 Å². The van der Waals surface area contributed by atoms with Gasteiger partial charge in [0.2, 0.25) is 0 Å². The smallest absolute Gasteiger partial charge is 0.308 e. The van der Waals surface area contributed by atoms with Gasteiger partial charge in [-0.1, -0.05) is 41.5 Å². The van der Waals surface area contributed by atoms with Crippen LogP contribution in [0.25, 0.3) is 0 Å². The highest BCUT2D eigenvalue weighted by atomic mass is 16.5. The van der Waals surface area contributed by atoms with Crippen LogP contribution in [0.4, 0.5) is 0 Å². The van der Waals surface area contributed by atoms with Crippen molar-refractivity contribution in [3.63, 3.8) is 0 Å². The van der Waals surface area contributed by atoms with Crippen LogP contribution in [0, 0.1) is 6.07 Å². The van der Waals surface area contributed by atoms with Gasteiger partial charge in [0.05, 0.1) is 0 Å². The SMILES string of the molecule is CC(=O)Oc1c(C(C)(C)C)c[c]cc1C(C)(C)C. The van der Waals surface area contributed by atoms with E-state index in [-0.39, 0.29) is 16.8 Å². The summed E-state index contributed by atoms with van der Waals surface area (Å²) < 4.78 is 5.47. The lowest BCUT2D eigenvalue weighted by molar-refractivity contribution is -0.132. The molecule has 0 spiro atoms. The monoisotopic (exact) mass is 247 g/mol. The van der Waals surface area contributed by atoms with E-state index >= 15 is 0 Å². The minimum atomic E-state index is -0.280. The third kappa shape index (κ3) is 3.34. The van der Waals surface area contributed by atoms with Crippen LogP contribution in [0.1, 0.15) is 59.6 Å². The maximum absolute atomic E-state index is 11.3. The molecule has 1 aromatic carbocycles. The molecule has 0 saturated heterocycles. The Morgan fingerprint density at radius 2 is 1.39 bits per heavy atom. The van der Waals surface area contributed by atoms with E-state index in [0.29, 0.717) is 5.75 Å². The first-order valence-corrected chi connectivity index (χ1v) is 6.27. The van der Waals surface area contributed by atoms with Gasteiger partial charge in [-0.05, 0) is 29.0 Å². The number of esters is 1. The van der Waals surface area contributed by atoms with Gasteiger partial charge in [-0.15, -0.1) is 0 Å². The molecule has 0 atom stereocenters. The molecule has 0 aliphatic carbocycles. The lowest BCUT2D eigenvalue weighted by Gasteiger charge is -2.28. The molecule has 2 heteroatoms. The molecule has 0 amide bonds. The second kappa shape index (κ2) is 4.75. The Morgan fingerprint density at radius 3 is 1.67 bits per heavy atom. The Labute approximate surface area is 110 Å². The van der Waals surface area contributed by atoms with Crippen LogP contribution in [0.15, 0.2) is 12.1 Å². The summed E-state index contributed by atoms with van der Waals surface area (Å²) in [5.41, 5.74) is 1.88. The fraction of sp³-hybridized carbons (Fsp3) is 0.562. The largest absolute Gasteiger partial charge is 0.426 e. The van der Waals surface area contributed by atoms with E-state index in [1.54, 1.807) is 0 Å². The zero-order valence-electron chi connectivity index (χ0n) is 12.5. The van der Waals surface area contributed by atoms with Crippen LogP contribution in [-0.4, -0.2) is 5.97 Å². The number of hydrogen-bond acceptors (Lipinski definition) is 2. The average Bonchev–Trinajstić information content (AvgIpc) is 2.13. The molecule has 18 heavy (non-hydrogen) atoms. The first-order valence-electron chi connectivity index (χ1n) is 6.27. The van der Waals surface area contributed by atoms with Crippen molar-refractivity contribution < 1.29 is 9.53 Å². The van der Waals surface area contributed by atoms with Crippen molar-refractivity contribution >= 4 is 5.97 Å². The zero-order chi connectivity index (χ0) is 14.1. The minimum Gasteiger partial charge on any atom is -0.426 e. The van der Waals surface area contributed by atoms with Crippen molar-refractivity contribution in [3.05, 3.63) is 29.3 Å². The summed E-state index contributed by atoms with van der Waals surface area (Å²) in [6.45, 7) is 14.1. The minimum absolute atomic E-state index is 0.0808. The molecule has 0 aliphatic rings. The quantitative estimate of drug-likeness (QED) is 0.553. The van der Waals surface area contributed by atoms with E-state index in [2.05, 4.69) is 47.6 Å². The van der Waals surface area contributed by atoms with Gasteiger partial charge in [-0.3, -0.25) is 4.79 Å². The number of ether oxygens (including phenoxy) is 1. The Balaban J connectivity index is 3.50. The summed E-state index contributed by atoms with van der Waals surface area (Å²) in [6, 6.07) is 6.99. The molecule has 0 unspecified atom stereocenters. The fourth-order valence-electron chi connectivity index (χ4n) is 1.85. The lowest BCUT2D eigenvalue weighted by Crippen LogP contribution is -2.20. The van der Waals surface area contributed by atoms with Crippen molar-refractivity contribution in [2.24, 2.45) is 0 Å². The molecule has 0 bridgehead atoms. The number of rotatable bonds is 1. The molecular formula is C16H23O2. The maximum Gasteiger partial charge on any atom is 0.308 e. The summed E-state index contributed by atoms with van der Waals surface area (Å²) in [4.78, 5) is 11.3. The normalized spacial score (nSPS) is 12.4. The van der Waals surface area contributed by atoms with Gasteiger partial charge < -0.3 is 4.74 Å². The average molecular weight is 247 g/mol. The molecule has 1 radical (unpaired) electrons. The first-order chi connectivity index (χ1) is 8.03. The van der Waals surface area contributed by atoms with E-state index in [0.717, 1.165) is 11.1 Å². The van der Waals surface area contributed by atoms with E-state index in [9.17, 15) is 4.79 Å². The summed E-state index contributed by atoms with van der Waals surface area (Å²) in [5, 5.41) is 0. The molecular weight excluding hydrogens is 224 g/mol. The maximum atomic E-state index is 11.3. The fourth-order valence-corrected chi connectivity index (χ4v) is 1.85. The van der Waals surface area contributed by atoms with Crippen molar-refractivity contribution in [1.29, 1.82) is 0 Å². The zero-order valence-corrected chi connectivity index (χ0v) is 12.5. The molecule has 1 aromatic rings. The molecule has 99 valence electrons.